The minimum atomic E-state index is -0.259. The Hall–Kier alpha value is -2.74. The van der Waals surface area contributed by atoms with Crippen LogP contribution in [0.4, 0.5) is 4.39 Å². The van der Waals surface area contributed by atoms with Crippen molar-refractivity contribution in [3.05, 3.63) is 66.1 Å². The first-order valence-electron chi connectivity index (χ1n) is 11.1. The summed E-state index contributed by atoms with van der Waals surface area (Å²) in [4.78, 5) is 2.32. The normalized spacial score (nSPS) is 20.8. The largest absolute Gasteiger partial charge is 0.497 e. The Balaban J connectivity index is 1.56. The van der Waals surface area contributed by atoms with Crippen molar-refractivity contribution in [3.63, 3.8) is 0 Å². The summed E-state index contributed by atoms with van der Waals surface area (Å²) in [5.41, 5.74) is 10.3. The van der Waals surface area contributed by atoms with Crippen molar-refractivity contribution in [2.75, 3.05) is 20.7 Å². The molecule has 1 fully saturated rings. The van der Waals surface area contributed by atoms with Gasteiger partial charge in [0.05, 0.1) is 18.5 Å². The van der Waals surface area contributed by atoms with E-state index < -0.39 is 0 Å². The van der Waals surface area contributed by atoms with Crippen LogP contribution in [0.25, 0.3) is 16.9 Å². The number of hydrogen-bond donors (Lipinski definition) is 2. The predicted octanol–water partition coefficient (Wildman–Crippen LogP) is 4.01. The van der Waals surface area contributed by atoms with E-state index in [9.17, 15) is 4.39 Å². The van der Waals surface area contributed by atoms with Crippen LogP contribution in [0.5, 0.6) is 5.75 Å². The molecule has 0 bridgehead atoms. The van der Waals surface area contributed by atoms with Crippen LogP contribution in [0, 0.1) is 11.7 Å². The maximum Gasteiger partial charge on any atom is 0.123 e. The molecule has 170 valence electrons. The molecule has 6 nitrogen and oxygen atoms in total. The van der Waals surface area contributed by atoms with Gasteiger partial charge >= 0.3 is 0 Å². The summed E-state index contributed by atoms with van der Waals surface area (Å²) in [5.74, 6) is 1.12. The highest BCUT2D eigenvalue weighted by molar-refractivity contribution is 5.63. The summed E-state index contributed by atoms with van der Waals surface area (Å²) in [6.45, 7) is 6.15. The van der Waals surface area contributed by atoms with Crippen LogP contribution in [0.1, 0.15) is 25.8 Å². The fraction of sp³-hybridized carbons (Fsp3) is 0.400. The first-order valence-corrected chi connectivity index (χ1v) is 11.1. The van der Waals surface area contributed by atoms with Gasteiger partial charge in [0.25, 0.3) is 0 Å². The standard InChI is InChI=1S/C25H32FN5O/c1-17-24(18(2)28-27-17)12-13-30(3)15-20-16-31(22-8-10-23(32-4)11-9-22)29-25(20)19-6-5-7-21(26)14-19/h5-11,14,16-18,24,27-28H,12-13,15H2,1-4H3. The van der Waals surface area contributed by atoms with E-state index in [0.29, 0.717) is 18.0 Å². The number of hydrogen-bond acceptors (Lipinski definition) is 5. The zero-order valence-corrected chi connectivity index (χ0v) is 19.2. The fourth-order valence-electron chi connectivity index (χ4n) is 4.42. The Labute approximate surface area is 189 Å². The van der Waals surface area contributed by atoms with Gasteiger partial charge in [0, 0.05) is 36.0 Å². The maximum absolute atomic E-state index is 14.0. The molecule has 1 aliphatic rings. The number of rotatable bonds is 8. The van der Waals surface area contributed by atoms with Gasteiger partial charge in [-0.05, 0) is 76.2 Å². The molecule has 1 aliphatic heterocycles. The number of halogens is 1. The first-order chi connectivity index (χ1) is 15.4. The van der Waals surface area contributed by atoms with E-state index >= 15 is 0 Å². The molecule has 2 aromatic carbocycles. The SMILES string of the molecule is COc1ccc(-n2cc(CN(C)CCC3C(C)NNC3C)c(-c3cccc(F)c3)n2)cc1. The number of hydrazine groups is 1. The fourth-order valence-corrected chi connectivity index (χ4v) is 4.42. The van der Waals surface area contributed by atoms with Crippen LogP contribution in [0.15, 0.2) is 54.7 Å². The lowest BCUT2D eigenvalue weighted by Gasteiger charge is -2.22. The third kappa shape index (κ3) is 5.01. The van der Waals surface area contributed by atoms with Crippen molar-refractivity contribution in [1.82, 2.24) is 25.5 Å². The van der Waals surface area contributed by atoms with Crippen molar-refractivity contribution < 1.29 is 9.13 Å². The van der Waals surface area contributed by atoms with Gasteiger partial charge in [-0.2, -0.15) is 5.10 Å². The predicted molar refractivity (Wildman–Crippen MR) is 125 cm³/mol. The van der Waals surface area contributed by atoms with Crippen LogP contribution in [0.2, 0.25) is 0 Å². The van der Waals surface area contributed by atoms with Crippen molar-refractivity contribution in [2.45, 2.75) is 38.9 Å². The second kappa shape index (κ2) is 9.81. The molecule has 0 spiro atoms. The van der Waals surface area contributed by atoms with Gasteiger partial charge < -0.3 is 9.64 Å². The summed E-state index contributed by atoms with van der Waals surface area (Å²) in [7, 11) is 3.78. The quantitative estimate of drug-likeness (QED) is 0.558. The molecule has 4 rings (SSSR count). The summed E-state index contributed by atoms with van der Waals surface area (Å²) < 4.78 is 21.1. The second-order valence-electron chi connectivity index (χ2n) is 8.71. The van der Waals surface area contributed by atoms with Gasteiger partial charge in [0.2, 0.25) is 0 Å². The van der Waals surface area contributed by atoms with Gasteiger partial charge in [0.1, 0.15) is 11.6 Å². The van der Waals surface area contributed by atoms with E-state index in [2.05, 4.69) is 36.6 Å². The zero-order valence-electron chi connectivity index (χ0n) is 19.2. The average Bonchev–Trinajstić information content (AvgIpc) is 3.35. The highest BCUT2D eigenvalue weighted by Gasteiger charge is 2.29. The lowest BCUT2D eigenvalue weighted by Crippen LogP contribution is -2.30. The summed E-state index contributed by atoms with van der Waals surface area (Å²) in [6, 6.07) is 15.3. The molecule has 2 atom stereocenters. The lowest BCUT2D eigenvalue weighted by molar-refractivity contribution is 0.279. The Morgan fingerprint density at radius 3 is 2.47 bits per heavy atom. The molecule has 0 amide bonds. The van der Waals surface area contributed by atoms with Gasteiger partial charge in [-0.3, -0.25) is 10.9 Å². The Bertz CT molecular complexity index is 1030. The molecule has 2 N–H and O–H groups in total. The van der Waals surface area contributed by atoms with E-state index in [0.717, 1.165) is 47.8 Å². The molecule has 1 saturated heterocycles. The Kier molecular flexibility index (Phi) is 6.89. The number of aromatic nitrogens is 2. The van der Waals surface area contributed by atoms with E-state index in [1.54, 1.807) is 19.2 Å². The number of nitrogens with one attached hydrogen (secondary N) is 2. The number of nitrogens with zero attached hydrogens (tertiary/aromatic N) is 3. The molecule has 0 saturated carbocycles. The molecule has 1 aromatic heterocycles. The van der Waals surface area contributed by atoms with Gasteiger partial charge in [0.15, 0.2) is 0 Å². The summed E-state index contributed by atoms with van der Waals surface area (Å²) in [6.07, 6.45) is 3.14. The topological polar surface area (TPSA) is 54.4 Å². The Morgan fingerprint density at radius 2 is 1.81 bits per heavy atom. The molecule has 7 heteroatoms. The minimum absolute atomic E-state index is 0.259. The third-order valence-electron chi connectivity index (χ3n) is 6.33. The van der Waals surface area contributed by atoms with Crippen LogP contribution in [-0.2, 0) is 6.54 Å². The number of ether oxygens (including phenoxy) is 1. The molecular weight excluding hydrogens is 405 g/mol. The number of methoxy groups -OCH3 is 1. The van der Waals surface area contributed by atoms with Crippen LogP contribution in [-0.4, -0.2) is 47.5 Å². The smallest absolute Gasteiger partial charge is 0.123 e. The van der Waals surface area contributed by atoms with Gasteiger partial charge in [-0.25, -0.2) is 9.07 Å². The molecule has 0 radical (unpaired) electrons. The molecule has 2 heterocycles. The monoisotopic (exact) mass is 437 g/mol. The van der Waals surface area contributed by atoms with Gasteiger partial charge in [-0.1, -0.05) is 12.1 Å². The van der Waals surface area contributed by atoms with E-state index in [1.807, 2.05) is 41.2 Å². The van der Waals surface area contributed by atoms with Crippen molar-refractivity contribution in [1.29, 1.82) is 0 Å². The van der Waals surface area contributed by atoms with Crippen molar-refractivity contribution >= 4 is 0 Å². The van der Waals surface area contributed by atoms with Crippen molar-refractivity contribution in [3.8, 4) is 22.7 Å². The lowest BCUT2D eigenvalue weighted by atomic mass is 9.93. The van der Waals surface area contributed by atoms with E-state index in [1.165, 1.54) is 6.07 Å². The average molecular weight is 438 g/mol. The van der Waals surface area contributed by atoms with E-state index in [4.69, 9.17) is 9.84 Å². The molecule has 0 aliphatic carbocycles. The Morgan fingerprint density at radius 1 is 1.09 bits per heavy atom. The molecule has 32 heavy (non-hydrogen) atoms. The first kappa shape index (κ1) is 22.5. The summed E-state index contributed by atoms with van der Waals surface area (Å²) >= 11 is 0. The van der Waals surface area contributed by atoms with Crippen molar-refractivity contribution in [2.24, 2.45) is 5.92 Å². The highest BCUT2D eigenvalue weighted by atomic mass is 19.1. The van der Waals surface area contributed by atoms with E-state index in [-0.39, 0.29) is 5.82 Å². The molecule has 3 aromatic rings. The maximum atomic E-state index is 14.0. The number of benzene rings is 2. The van der Waals surface area contributed by atoms with Crippen LogP contribution >= 0.6 is 0 Å². The van der Waals surface area contributed by atoms with Gasteiger partial charge in [-0.15, -0.1) is 0 Å². The molecule has 2 unspecified atom stereocenters. The minimum Gasteiger partial charge on any atom is -0.497 e. The van der Waals surface area contributed by atoms with Crippen LogP contribution in [0.3, 0.4) is 0 Å². The highest BCUT2D eigenvalue weighted by Crippen LogP contribution is 2.27. The van der Waals surface area contributed by atoms with Crippen LogP contribution < -0.4 is 15.6 Å². The zero-order chi connectivity index (χ0) is 22.7. The summed E-state index contributed by atoms with van der Waals surface area (Å²) in [5, 5.41) is 4.82. The molecular formula is C25H32FN5O. The second-order valence-corrected chi connectivity index (χ2v) is 8.71. The third-order valence-corrected chi connectivity index (χ3v) is 6.33.